The predicted octanol–water partition coefficient (Wildman–Crippen LogP) is 3.22. The summed E-state index contributed by atoms with van der Waals surface area (Å²) in [4.78, 5) is 2.08. The Morgan fingerprint density at radius 1 is 1.14 bits per heavy atom. The summed E-state index contributed by atoms with van der Waals surface area (Å²) in [6, 6.07) is 13.2. The average molecular weight is 417 g/mol. The van der Waals surface area contributed by atoms with Gasteiger partial charge in [0.1, 0.15) is 12.4 Å². The number of hydrogen-bond donors (Lipinski definition) is 2. The van der Waals surface area contributed by atoms with Gasteiger partial charge in [0.25, 0.3) is 0 Å². The van der Waals surface area contributed by atoms with Crippen molar-refractivity contribution >= 4 is 32.3 Å². The van der Waals surface area contributed by atoms with E-state index in [-0.39, 0.29) is 0 Å². The van der Waals surface area contributed by atoms with Gasteiger partial charge in [-0.25, -0.2) is 8.42 Å². The molecule has 0 aliphatic carbocycles. The SMILES string of the molecule is CCn1c(-c2ccc(NS(C)(=O)=O)cc2)c(N)c2ccc(OCCN(C)C)cc21. The third-order valence-electron chi connectivity index (χ3n) is 4.66. The Labute approximate surface area is 172 Å². The van der Waals surface area contributed by atoms with Crippen LogP contribution in [-0.2, 0) is 16.6 Å². The number of rotatable bonds is 8. The van der Waals surface area contributed by atoms with Crippen LogP contribution < -0.4 is 15.2 Å². The summed E-state index contributed by atoms with van der Waals surface area (Å²) in [5.74, 6) is 0.811. The zero-order chi connectivity index (χ0) is 21.2. The van der Waals surface area contributed by atoms with E-state index in [1.807, 2.05) is 44.4 Å². The van der Waals surface area contributed by atoms with Gasteiger partial charge in [-0.3, -0.25) is 4.72 Å². The highest BCUT2D eigenvalue weighted by molar-refractivity contribution is 7.92. The number of nitrogens with two attached hydrogens (primary N) is 1. The van der Waals surface area contributed by atoms with Crippen molar-refractivity contribution in [1.29, 1.82) is 0 Å². The molecule has 0 radical (unpaired) electrons. The standard InChI is InChI=1S/C21H28N4O3S/c1-5-25-19-14-17(28-13-12-24(2)3)10-11-18(19)20(22)21(25)15-6-8-16(9-7-15)23-29(4,26)27/h6-11,14,23H,5,12-13,22H2,1-4H3. The Balaban J connectivity index is 1.98. The van der Waals surface area contributed by atoms with E-state index >= 15 is 0 Å². The maximum absolute atomic E-state index is 11.4. The summed E-state index contributed by atoms with van der Waals surface area (Å²) < 4.78 is 33.4. The maximum Gasteiger partial charge on any atom is 0.229 e. The molecule has 0 fully saturated rings. The number of nitrogens with one attached hydrogen (secondary N) is 1. The van der Waals surface area contributed by atoms with E-state index in [2.05, 4.69) is 21.1 Å². The molecule has 3 rings (SSSR count). The smallest absolute Gasteiger partial charge is 0.229 e. The van der Waals surface area contributed by atoms with E-state index in [4.69, 9.17) is 10.5 Å². The Bertz CT molecular complexity index is 1100. The van der Waals surface area contributed by atoms with Crippen LogP contribution in [0.4, 0.5) is 11.4 Å². The monoisotopic (exact) mass is 416 g/mol. The highest BCUT2D eigenvalue weighted by atomic mass is 32.2. The van der Waals surface area contributed by atoms with Crippen molar-refractivity contribution in [2.75, 3.05) is 44.0 Å². The van der Waals surface area contributed by atoms with Crippen LogP contribution in [0.25, 0.3) is 22.2 Å². The summed E-state index contributed by atoms with van der Waals surface area (Å²) in [7, 11) is 0.714. The average Bonchev–Trinajstić information content (AvgIpc) is 2.92. The number of aromatic nitrogens is 1. The van der Waals surface area contributed by atoms with Gasteiger partial charge in [-0.05, 0) is 45.3 Å². The first kappa shape index (κ1) is 21.0. The first-order valence-electron chi connectivity index (χ1n) is 9.47. The van der Waals surface area contributed by atoms with Gasteiger partial charge in [0.15, 0.2) is 0 Å². The summed E-state index contributed by atoms with van der Waals surface area (Å²) in [6.07, 6.45) is 1.13. The van der Waals surface area contributed by atoms with Gasteiger partial charge in [-0.1, -0.05) is 12.1 Å². The Morgan fingerprint density at radius 3 is 2.41 bits per heavy atom. The van der Waals surface area contributed by atoms with Crippen LogP contribution in [0.1, 0.15) is 6.92 Å². The third-order valence-corrected chi connectivity index (χ3v) is 5.27. The minimum Gasteiger partial charge on any atom is -0.492 e. The minimum absolute atomic E-state index is 0.519. The summed E-state index contributed by atoms with van der Waals surface area (Å²) in [5, 5.41) is 0.972. The molecular formula is C21H28N4O3S. The van der Waals surface area contributed by atoms with Gasteiger partial charge >= 0.3 is 0 Å². The maximum atomic E-state index is 11.4. The van der Waals surface area contributed by atoms with Crippen molar-refractivity contribution in [2.45, 2.75) is 13.5 Å². The first-order chi connectivity index (χ1) is 13.7. The molecule has 1 aromatic heterocycles. The fraction of sp³-hybridized carbons (Fsp3) is 0.333. The molecule has 29 heavy (non-hydrogen) atoms. The number of nitrogens with zero attached hydrogens (tertiary/aromatic N) is 2. The minimum atomic E-state index is -3.31. The van der Waals surface area contributed by atoms with E-state index in [1.54, 1.807) is 12.1 Å². The highest BCUT2D eigenvalue weighted by Crippen LogP contribution is 2.38. The summed E-state index contributed by atoms with van der Waals surface area (Å²) in [5.41, 5.74) is 10.6. The van der Waals surface area contributed by atoms with Crippen LogP contribution in [0, 0.1) is 0 Å². The normalized spacial score (nSPS) is 11.9. The molecule has 3 N–H and O–H groups in total. The Kier molecular flexibility index (Phi) is 6.04. The van der Waals surface area contributed by atoms with Gasteiger partial charge in [0, 0.05) is 35.8 Å². The van der Waals surface area contributed by atoms with Crippen molar-refractivity contribution in [2.24, 2.45) is 0 Å². The molecule has 2 aromatic carbocycles. The lowest BCUT2D eigenvalue weighted by molar-refractivity contribution is 0.261. The Morgan fingerprint density at radius 2 is 1.83 bits per heavy atom. The fourth-order valence-corrected chi connectivity index (χ4v) is 3.91. The van der Waals surface area contributed by atoms with Gasteiger partial charge in [0.2, 0.25) is 10.0 Å². The second kappa shape index (κ2) is 8.34. The van der Waals surface area contributed by atoms with E-state index < -0.39 is 10.0 Å². The zero-order valence-electron chi connectivity index (χ0n) is 17.3. The van der Waals surface area contributed by atoms with Crippen LogP contribution >= 0.6 is 0 Å². The van der Waals surface area contributed by atoms with E-state index in [9.17, 15) is 8.42 Å². The number of fused-ring (bicyclic) bond motifs is 1. The van der Waals surface area contributed by atoms with Crippen molar-refractivity contribution in [3.8, 4) is 17.0 Å². The lowest BCUT2D eigenvalue weighted by atomic mass is 10.1. The van der Waals surface area contributed by atoms with E-state index in [1.165, 1.54) is 0 Å². The molecule has 0 unspecified atom stereocenters. The topological polar surface area (TPSA) is 89.6 Å². The molecule has 1 heterocycles. The highest BCUT2D eigenvalue weighted by Gasteiger charge is 2.17. The lowest BCUT2D eigenvalue weighted by Gasteiger charge is -2.12. The van der Waals surface area contributed by atoms with Crippen LogP contribution in [0.2, 0.25) is 0 Å². The van der Waals surface area contributed by atoms with Gasteiger partial charge in [0.05, 0.1) is 23.2 Å². The second-order valence-electron chi connectivity index (χ2n) is 7.29. The van der Waals surface area contributed by atoms with Gasteiger partial charge in [-0.2, -0.15) is 0 Å². The molecule has 0 saturated heterocycles. The Hall–Kier alpha value is -2.71. The summed E-state index contributed by atoms with van der Waals surface area (Å²) in [6.45, 7) is 4.27. The van der Waals surface area contributed by atoms with Crippen LogP contribution in [0.3, 0.4) is 0 Å². The quantitative estimate of drug-likeness (QED) is 0.588. The summed E-state index contributed by atoms with van der Waals surface area (Å²) >= 11 is 0. The fourth-order valence-electron chi connectivity index (χ4n) is 3.34. The molecule has 7 nitrogen and oxygen atoms in total. The number of hydrogen-bond acceptors (Lipinski definition) is 5. The molecule has 0 aliphatic rings. The number of aryl methyl sites for hydroxylation is 1. The number of ether oxygens (including phenoxy) is 1. The zero-order valence-corrected chi connectivity index (χ0v) is 18.1. The molecule has 0 bridgehead atoms. The van der Waals surface area contributed by atoms with Gasteiger partial charge < -0.3 is 19.9 Å². The second-order valence-corrected chi connectivity index (χ2v) is 9.04. The molecule has 0 amide bonds. The predicted molar refractivity (Wildman–Crippen MR) is 120 cm³/mol. The number of sulfonamides is 1. The molecule has 8 heteroatoms. The first-order valence-corrected chi connectivity index (χ1v) is 11.4. The van der Waals surface area contributed by atoms with Crippen LogP contribution in [0.15, 0.2) is 42.5 Å². The number of nitrogen functional groups attached to an aromatic ring is 1. The largest absolute Gasteiger partial charge is 0.492 e. The van der Waals surface area contributed by atoms with Gasteiger partial charge in [-0.15, -0.1) is 0 Å². The van der Waals surface area contributed by atoms with Crippen molar-refractivity contribution < 1.29 is 13.2 Å². The third kappa shape index (κ3) is 4.83. The molecule has 0 saturated carbocycles. The molecular weight excluding hydrogens is 388 g/mol. The molecule has 0 spiro atoms. The lowest BCUT2D eigenvalue weighted by Crippen LogP contribution is -2.19. The van der Waals surface area contributed by atoms with Crippen LogP contribution in [0.5, 0.6) is 5.75 Å². The molecule has 156 valence electrons. The van der Waals surface area contributed by atoms with E-state index in [0.29, 0.717) is 18.0 Å². The van der Waals surface area contributed by atoms with Crippen molar-refractivity contribution in [3.63, 3.8) is 0 Å². The number of anilines is 2. The van der Waals surface area contributed by atoms with Crippen molar-refractivity contribution in [1.82, 2.24) is 9.47 Å². The van der Waals surface area contributed by atoms with Crippen molar-refractivity contribution in [3.05, 3.63) is 42.5 Å². The number of likely N-dealkylation sites (N-methyl/N-ethyl adjacent to an activating group) is 1. The van der Waals surface area contributed by atoms with Crippen LogP contribution in [-0.4, -0.2) is 51.4 Å². The molecule has 3 aromatic rings. The van der Waals surface area contributed by atoms with E-state index in [0.717, 1.165) is 47.3 Å². The molecule has 0 aliphatic heterocycles. The molecule has 0 atom stereocenters. The number of benzene rings is 2.